The fraction of sp³-hybridized carbons (Fsp3) is 0.643. The molecule has 3 atom stereocenters. The van der Waals surface area contributed by atoms with Gasteiger partial charge in [0.25, 0.3) is 0 Å². The number of hydrogen-bond donors (Lipinski definition) is 1. The Labute approximate surface area is 237 Å². The number of nitrogens with one attached hydrogen (secondary N) is 1. The Morgan fingerprint density at radius 1 is 1.05 bits per heavy atom. The molecule has 10 nitrogen and oxygen atoms in total. The number of methoxy groups -OCH3 is 1. The van der Waals surface area contributed by atoms with Crippen LogP contribution in [0.3, 0.4) is 0 Å². The van der Waals surface area contributed by atoms with Crippen LogP contribution in [-0.2, 0) is 30.3 Å². The van der Waals surface area contributed by atoms with E-state index in [9.17, 15) is 32.3 Å². The number of hydrogen-bond acceptors (Lipinski definition) is 7. The fourth-order valence-electron chi connectivity index (χ4n) is 5.13. The third-order valence-corrected chi connectivity index (χ3v) is 6.92. The van der Waals surface area contributed by atoms with Gasteiger partial charge in [0.1, 0.15) is 23.4 Å². The number of ether oxygens (including phenoxy) is 3. The molecule has 0 aliphatic carbocycles. The van der Waals surface area contributed by atoms with Gasteiger partial charge in [-0.15, -0.1) is 13.2 Å². The van der Waals surface area contributed by atoms with Crippen molar-refractivity contribution >= 4 is 23.9 Å². The van der Waals surface area contributed by atoms with Gasteiger partial charge in [-0.05, 0) is 76.5 Å². The number of esters is 1. The first kappa shape index (κ1) is 32.0. The van der Waals surface area contributed by atoms with Crippen LogP contribution in [-0.4, -0.2) is 84.5 Å². The number of carbonyl (C=O) groups is 4. The number of likely N-dealkylation sites (tertiary alicyclic amines) is 2. The summed E-state index contributed by atoms with van der Waals surface area (Å²) >= 11 is 0. The van der Waals surface area contributed by atoms with Crippen LogP contribution in [0.15, 0.2) is 24.3 Å². The number of benzene rings is 1. The van der Waals surface area contributed by atoms with E-state index in [2.05, 4.69) is 10.1 Å². The Balaban J connectivity index is 1.74. The minimum absolute atomic E-state index is 0.0170. The molecule has 2 heterocycles. The zero-order valence-electron chi connectivity index (χ0n) is 23.8. The second-order valence-corrected chi connectivity index (χ2v) is 11.4. The normalized spacial score (nSPS) is 20.0. The van der Waals surface area contributed by atoms with Crippen molar-refractivity contribution in [2.45, 2.75) is 83.3 Å². The van der Waals surface area contributed by atoms with Crippen molar-refractivity contribution < 1.29 is 46.6 Å². The van der Waals surface area contributed by atoms with E-state index in [-0.39, 0.29) is 43.4 Å². The molecule has 13 heteroatoms. The van der Waals surface area contributed by atoms with E-state index in [0.717, 1.165) is 12.8 Å². The van der Waals surface area contributed by atoms with Crippen molar-refractivity contribution in [1.29, 1.82) is 0 Å². The Morgan fingerprint density at radius 3 is 2.24 bits per heavy atom. The fourth-order valence-corrected chi connectivity index (χ4v) is 5.13. The number of nitrogens with zero attached hydrogens (tertiary/aromatic N) is 2. The Bertz CT molecular complexity index is 1080. The summed E-state index contributed by atoms with van der Waals surface area (Å²) in [6, 6.07) is 3.35. The Kier molecular flexibility index (Phi) is 10.5. The lowest BCUT2D eigenvalue weighted by molar-refractivity contribution is -0.274. The summed E-state index contributed by atoms with van der Waals surface area (Å²) in [5, 5.41) is 2.58. The molecule has 1 N–H and O–H groups in total. The van der Waals surface area contributed by atoms with Crippen molar-refractivity contribution in [3.05, 3.63) is 29.8 Å². The largest absolute Gasteiger partial charge is 0.573 e. The van der Waals surface area contributed by atoms with E-state index in [1.807, 2.05) is 0 Å². The summed E-state index contributed by atoms with van der Waals surface area (Å²) in [6.07, 6.45) is -3.12. The molecule has 41 heavy (non-hydrogen) atoms. The molecule has 2 fully saturated rings. The third kappa shape index (κ3) is 9.82. The number of alkyl carbamates (subject to hydrolysis) is 1. The number of alkyl halides is 3. The topological polar surface area (TPSA) is 114 Å². The maximum absolute atomic E-state index is 13.8. The summed E-state index contributed by atoms with van der Waals surface area (Å²) in [5.41, 5.74) is -0.126. The molecule has 1 aromatic carbocycles. The van der Waals surface area contributed by atoms with Crippen LogP contribution >= 0.6 is 0 Å². The number of amides is 3. The van der Waals surface area contributed by atoms with Crippen molar-refractivity contribution in [3.63, 3.8) is 0 Å². The molecule has 0 bridgehead atoms. The first-order valence-electron chi connectivity index (χ1n) is 13.7. The summed E-state index contributed by atoms with van der Waals surface area (Å²) in [5.74, 6) is -1.86. The number of carbonyl (C=O) groups excluding carboxylic acids is 4. The molecule has 0 aromatic heterocycles. The highest BCUT2D eigenvalue weighted by molar-refractivity contribution is 5.91. The van der Waals surface area contributed by atoms with Crippen LogP contribution in [0, 0.1) is 5.92 Å². The lowest BCUT2D eigenvalue weighted by atomic mass is 9.97. The molecule has 0 saturated carbocycles. The van der Waals surface area contributed by atoms with Gasteiger partial charge in [-0.25, -0.2) is 9.59 Å². The van der Waals surface area contributed by atoms with Gasteiger partial charge in [-0.1, -0.05) is 12.1 Å². The van der Waals surface area contributed by atoms with Gasteiger partial charge in [0.15, 0.2) is 0 Å². The predicted octanol–water partition coefficient (Wildman–Crippen LogP) is 3.81. The smallest absolute Gasteiger partial charge is 0.467 e. The molecular formula is C28H38F3N3O7. The molecule has 2 aliphatic heterocycles. The van der Waals surface area contributed by atoms with Gasteiger partial charge in [-0.3, -0.25) is 9.59 Å². The first-order chi connectivity index (χ1) is 19.1. The van der Waals surface area contributed by atoms with Crippen LogP contribution in [0.1, 0.15) is 58.4 Å². The van der Waals surface area contributed by atoms with E-state index in [1.54, 1.807) is 25.7 Å². The maximum atomic E-state index is 13.8. The molecule has 1 aromatic rings. The molecule has 0 spiro atoms. The quantitative estimate of drug-likeness (QED) is 0.439. The van der Waals surface area contributed by atoms with Gasteiger partial charge < -0.3 is 29.3 Å². The zero-order valence-corrected chi connectivity index (χ0v) is 23.8. The predicted molar refractivity (Wildman–Crippen MR) is 141 cm³/mol. The van der Waals surface area contributed by atoms with E-state index in [1.165, 1.54) is 36.3 Å². The van der Waals surface area contributed by atoms with Crippen LogP contribution in [0.5, 0.6) is 5.75 Å². The van der Waals surface area contributed by atoms with Gasteiger partial charge >= 0.3 is 18.4 Å². The SMILES string of the molecule is COC(=O)[C@@H]1C[C@H](Cc2ccc(OC(F)(F)F)cc2)CN1C(=O)[C@@H](CCC(=O)N1CCCC1)NC(=O)OC(C)(C)C. The van der Waals surface area contributed by atoms with E-state index in [0.29, 0.717) is 25.1 Å². The van der Waals surface area contributed by atoms with Gasteiger partial charge in [0.2, 0.25) is 11.8 Å². The summed E-state index contributed by atoms with van der Waals surface area (Å²) in [6.45, 7) is 6.49. The molecule has 228 valence electrons. The van der Waals surface area contributed by atoms with Crippen molar-refractivity contribution in [2.24, 2.45) is 5.92 Å². The summed E-state index contributed by atoms with van der Waals surface area (Å²) in [4.78, 5) is 54.8. The summed E-state index contributed by atoms with van der Waals surface area (Å²) < 4.78 is 51.6. The van der Waals surface area contributed by atoms with Gasteiger partial charge in [0.05, 0.1) is 7.11 Å². The molecule has 3 amide bonds. The van der Waals surface area contributed by atoms with E-state index < -0.39 is 42.0 Å². The van der Waals surface area contributed by atoms with Crippen LogP contribution in [0.25, 0.3) is 0 Å². The van der Waals surface area contributed by atoms with Crippen molar-refractivity contribution in [3.8, 4) is 5.75 Å². The van der Waals surface area contributed by atoms with E-state index in [4.69, 9.17) is 9.47 Å². The highest BCUT2D eigenvalue weighted by Crippen LogP contribution is 2.30. The Hall–Kier alpha value is -3.51. The van der Waals surface area contributed by atoms with Gasteiger partial charge in [0, 0.05) is 26.1 Å². The standard InChI is InChI=1S/C28H38F3N3O7/c1-27(2,3)41-26(38)32-21(11-12-23(35)33-13-5-6-14-33)24(36)34-17-19(16-22(34)25(37)39-4)15-18-7-9-20(10-8-18)40-28(29,30)31/h7-10,19,21-22H,5-6,11-17H2,1-4H3,(H,32,38)/t19-,21+,22-/m0/s1. The summed E-state index contributed by atoms with van der Waals surface area (Å²) in [7, 11) is 1.21. The molecule has 3 rings (SSSR count). The minimum atomic E-state index is -4.80. The lowest BCUT2D eigenvalue weighted by Crippen LogP contribution is -2.53. The molecule has 0 radical (unpaired) electrons. The number of halogens is 3. The molecule has 0 unspecified atom stereocenters. The van der Waals surface area contributed by atoms with Crippen molar-refractivity contribution in [2.75, 3.05) is 26.7 Å². The van der Waals surface area contributed by atoms with Crippen LogP contribution < -0.4 is 10.1 Å². The lowest BCUT2D eigenvalue weighted by Gasteiger charge is -2.29. The minimum Gasteiger partial charge on any atom is -0.467 e. The second kappa shape index (κ2) is 13.4. The van der Waals surface area contributed by atoms with Crippen LogP contribution in [0.2, 0.25) is 0 Å². The van der Waals surface area contributed by atoms with Crippen LogP contribution in [0.4, 0.5) is 18.0 Å². The average molecular weight is 586 g/mol. The van der Waals surface area contributed by atoms with Gasteiger partial charge in [-0.2, -0.15) is 0 Å². The third-order valence-electron chi connectivity index (χ3n) is 6.92. The molecule has 2 aliphatic rings. The average Bonchev–Trinajstić information content (AvgIpc) is 3.55. The second-order valence-electron chi connectivity index (χ2n) is 11.4. The Morgan fingerprint density at radius 2 is 1.68 bits per heavy atom. The highest BCUT2D eigenvalue weighted by Gasteiger charge is 2.43. The highest BCUT2D eigenvalue weighted by atomic mass is 19.4. The first-order valence-corrected chi connectivity index (χ1v) is 13.7. The molecule has 2 saturated heterocycles. The monoisotopic (exact) mass is 585 g/mol. The number of rotatable bonds is 9. The maximum Gasteiger partial charge on any atom is 0.573 e. The zero-order chi connectivity index (χ0) is 30.4. The molecular weight excluding hydrogens is 547 g/mol. The van der Waals surface area contributed by atoms with E-state index >= 15 is 0 Å². The van der Waals surface area contributed by atoms with Crippen molar-refractivity contribution in [1.82, 2.24) is 15.1 Å².